The summed E-state index contributed by atoms with van der Waals surface area (Å²) in [6.45, 7) is 1.25. The standard InChI is InChI=1S/C19H21ClN2O3.ClH/c1-24-18-12-17(21)16(20)11-15(18)19(23)22-9-7-14(8-10-22)25-13-5-3-2-4-6-13;/h2-6,11-12,14H,7-10,21H2,1H3;1H. The summed E-state index contributed by atoms with van der Waals surface area (Å²) >= 11 is 6.07. The fraction of sp³-hybridized carbons (Fsp3) is 0.316. The van der Waals surface area contributed by atoms with Crippen molar-refractivity contribution in [3.05, 3.63) is 53.1 Å². The molecule has 0 radical (unpaired) electrons. The molecule has 2 aromatic rings. The van der Waals surface area contributed by atoms with Gasteiger partial charge in [0.25, 0.3) is 5.91 Å². The Morgan fingerprint density at radius 3 is 2.46 bits per heavy atom. The van der Waals surface area contributed by atoms with Gasteiger partial charge in [0.15, 0.2) is 0 Å². The van der Waals surface area contributed by atoms with Crippen LogP contribution in [0.15, 0.2) is 42.5 Å². The zero-order chi connectivity index (χ0) is 17.8. The first kappa shape index (κ1) is 20.2. The first-order valence-corrected chi connectivity index (χ1v) is 8.60. The second-order valence-corrected chi connectivity index (χ2v) is 6.40. The molecule has 0 bridgehead atoms. The van der Waals surface area contributed by atoms with Gasteiger partial charge in [0.05, 0.1) is 23.4 Å². The van der Waals surface area contributed by atoms with Gasteiger partial charge in [-0.25, -0.2) is 0 Å². The maximum atomic E-state index is 12.8. The zero-order valence-corrected chi connectivity index (χ0v) is 16.1. The highest BCUT2D eigenvalue weighted by atomic mass is 35.5. The van der Waals surface area contributed by atoms with Gasteiger partial charge in [-0.3, -0.25) is 4.79 Å². The van der Waals surface area contributed by atoms with Crippen LogP contribution in [0.2, 0.25) is 5.02 Å². The van der Waals surface area contributed by atoms with Crippen LogP contribution in [0.3, 0.4) is 0 Å². The summed E-state index contributed by atoms with van der Waals surface area (Å²) in [4.78, 5) is 14.6. The summed E-state index contributed by atoms with van der Waals surface area (Å²) in [5.74, 6) is 1.20. The quantitative estimate of drug-likeness (QED) is 0.791. The highest BCUT2D eigenvalue weighted by molar-refractivity contribution is 6.33. The number of benzene rings is 2. The van der Waals surface area contributed by atoms with E-state index in [1.54, 1.807) is 17.0 Å². The third-order valence-electron chi connectivity index (χ3n) is 4.32. The number of piperidine rings is 1. The van der Waals surface area contributed by atoms with Gasteiger partial charge in [-0.05, 0) is 18.2 Å². The molecule has 0 aromatic heterocycles. The number of nitrogens with two attached hydrogens (primary N) is 1. The van der Waals surface area contributed by atoms with E-state index in [9.17, 15) is 4.79 Å². The first-order chi connectivity index (χ1) is 12.1. The molecule has 1 heterocycles. The summed E-state index contributed by atoms with van der Waals surface area (Å²) in [7, 11) is 1.51. The summed E-state index contributed by atoms with van der Waals surface area (Å²) in [5.41, 5.74) is 6.61. The Morgan fingerprint density at radius 2 is 1.85 bits per heavy atom. The molecule has 26 heavy (non-hydrogen) atoms. The number of carbonyl (C=O) groups excluding carboxylic acids is 1. The lowest BCUT2D eigenvalue weighted by atomic mass is 10.1. The van der Waals surface area contributed by atoms with E-state index in [0.29, 0.717) is 35.1 Å². The van der Waals surface area contributed by atoms with Gasteiger partial charge in [-0.1, -0.05) is 29.8 Å². The predicted octanol–water partition coefficient (Wildman–Crippen LogP) is 4.04. The molecule has 0 aliphatic carbocycles. The van der Waals surface area contributed by atoms with Crippen molar-refractivity contribution in [3.8, 4) is 11.5 Å². The van der Waals surface area contributed by atoms with E-state index in [-0.39, 0.29) is 24.4 Å². The number of methoxy groups -OCH3 is 1. The van der Waals surface area contributed by atoms with Crippen molar-refractivity contribution < 1.29 is 14.3 Å². The second kappa shape index (κ2) is 9.01. The van der Waals surface area contributed by atoms with Gasteiger partial charge in [0.2, 0.25) is 0 Å². The Morgan fingerprint density at radius 1 is 1.19 bits per heavy atom. The molecule has 0 atom stereocenters. The summed E-state index contributed by atoms with van der Waals surface area (Å²) in [6, 6.07) is 12.9. The Kier molecular flexibility index (Phi) is 7.00. The lowest BCUT2D eigenvalue weighted by molar-refractivity contribution is 0.0592. The molecule has 0 unspecified atom stereocenters. The normalized spacial score (nSPS) is 14.5. The number of para-hydroxylation sites is 1. The van der Waals surface area contributed by atoms with Crippen molar-refractivity contribution in [1.82, 2.24) is 4.90 Å². The number of nitrogens with zero attached hydrogens (tertiary/aromatic N) is 1. The Hall–Kier alpha value is -2.11. The molecule has 2 aromatic carbocycles. The molecular formula is C19H22Cl2N2O3. The van der Waals surface area contributed by atoms with Gasteiger partial charge < -0.3 is 20.1 Å². The van der Waals surface area contributed by atoms with E-state index in [0.717, 1.165) is 18.6 Å². The van der Waals surface area contributed by atoms with Crippen LogP contribution in [0.25, 0.3) is 0 Å². The molecule has 1 fully saturated rings. The van der Waals surface area contributed by atoms with Crippen LogP contribution in [-0.4, -0.2) is 37.1 Å². The van der Waals surface area contributed by atoms with Crippen molar-refractivity contribution in [2.24, 2.45) is 0 Å². The molecule has 0 spiro atoms. The van der Waals surface area contributed by atoms with E-state index in [1.807, 2.05) is 30.3 Å². The number of rotatable bonds is 4. The summed E-state index contributed by atoms with van der Waals surface area (Å²) < 4.78 is 11.3. The smallest absolute Gasteiger partial charge is 0.257 e. The van der Waals surface area contributed by atoms with Gasteiger partial charge in [0, 0.05) is 32.0 Å². The number of nitrogen functional groups attached to an aromatic ring is 1. The van der Waals surface area contributed by atoms with E-state index < -0.39 is 0 Å². The van der Waals surface area contributed by atoms with Crippen LogP contribution in [-0.2, 0) is 0 Å². The van der Waals surface area contributed by atoms with Crippen molar-refractivity contribution in [3.63, 3.8) is 0 Å². The number of hydrogen-bond acceptors (Lipinski definition) is 4. The molecule has 1 saturated heterocycles. The molecule has 3 rings (SSSR count). The lowest BCUT2D eigenvalue weighted by Gasteiger charge is -2.32. The fourth-order valence-corrected chi connectivity index (χ4v) is 3.11. The highest BCUT2D eigenvalue weighted by Crippen LogP contribution is 2.30. The van der Waals surface area contributed by atoms with Gasteiger partial charge in [0.1, 0.15) is 17.6 Å². The monoisotopic (exact) mass is 396 g/mol. The number of amides is 1. The third kappa shape index (κ3) is 4.54. The maximum Gasteiger partial charge on any atom is 0.257 e. The molecule has 0 saturated carbocycles. The molecular weight excluding hydrogens is 375 g/mol. The largest absolute Gasteiger partial charge is 0.496 e. The van der Waals surface area contributed by atoms with Crippen LogP contribution >= 0.6 is 24.0 Å². The number of hydrogen-bond donors (Lipinski definition) is 1. The fourth-order valence-electron chi connectivity index (χ4n) is 2.94. The molecule has 1 amide bonds. The molecule has 5 nitrogen and oxygen atoms in total. The van der Waals surface area contributed by atoms with E-state index >= 15 is 0 Å². The minimum absolute atomic E-state index is 0. The summed E-state index contributed by atoms with van der Waals surface area (Å²) in [5, 5.41) is 0.353. The van der Waals surface area contributed by atoms with Crippen LogP contribution in [0.5, 0.6) is 11.5 Å². The predicted molar refractivity (Wildman–Crippen MR) is 106 cm³/mol. The number of carbonyl (C=O) groups is 1. The zero-order valence-electron chi connectivity index (χ0n) is 14.5. The van der Waals surface area contributed by atoms with Crippen LogP contribution in [0.4, 0.5) is 5.69 Å². The number of anilines is 1. The Labute approximate surface area is 164 Å². The van der Waals surface area contributed by atoms with Crippen molar-refractivity contribution >= 4 is 35.6 Å². The Balaban J connectivity index is 0.00000243. The average Bonchev–Trinajstić information content (AvgIpc) is 2.64. The van der Waals surface area contributed by atoms with Crippen LogP contribution in [0.1, 0.15) is 23.2 Å². The number of halogens is 2. The van der Waals surface area contributed by atoms with Crippen molar-refractivity contribution in [1.29, 1.82) is 0 Å². The minimum atomic E-state index is -0.100. The highest BCUT2D eigenvalue weighted by Gasteiger charge is 2.27. The minimum Gasteiger partial charge on any atom is -0.496 e. The molecule has 7 heteroatoms. The Bertz CT molecular complexity index is 748. The molecule has 1 aliphatic rings. The van der Waals surface area contributed by atoms with Gasteiger partial charge in [-0.15, -0.1) is 12.4 Å². The van der Waals surface area contributed by atoms with E-state index in [2.05, 4.69) is 0 Å². The maximum absolute atomic E-state index is 12.8. The van der Waals surface area contributed by atoms with Crippen LogP contribution < -0.4 is 15.2 Å². The summed E-state index contributed by atoms with van der Waals surface area (Å²) in [6.07, 6.45) is 1.68. The number of ether oxygens (including phenoxy) is 2. The van der Waals surface area contributed by atoms with E-state index in [4.69, 9.17) is 26.8 Å². The van der Waals surface area contributed by atoms with Gasteiger partial charge in [-0.2, -0.15) is 0 Å². The molecule has 1 aliphatic heterocycles. The lowest BCUT2D eigenvalue weighted by Crippen LogP contribution is -2.41. The van der Waals surface area contributed by atoms with Crippen molar-refractivity contribution in [2.45, 2.75) is 18.9 Å². The number of likely N-dealkylation sites (tertiary alicyclic amines) is 1. The topological polar surface area (TPSA) is 64.8 Å². The van der Waals surface area contributed by atoms with Crippen molar-refractivity contribution in [2.75, 3.05) is 25.9 Å². The molecule has 140 valence electrons. The van der Waals surface area contributed by atoms with Crippen LogP contribution in [0, 0.1) is 0 Å². The average molecular weight is 397 g/mol. The van der Waals surface area contributed by atoms with E-state index in [1.165, 1.54) is 7.11 Å². The van der Waals surface area contributed by atoms with Gasteiger partial charge >= 0.3 is 0 Å². The first-order valence-electron chi connectivity index (χ1n) is 8.22. The third-order valence-corrected chi connectivity index (χ3v) is 4.65. The molecule has 2 N–H and O–H groups in total. The second-order valence-electron chi connectivity index (χ2n) is 6.00. The SMILES string of the molecule is COc1cc(N)c(Cl)cc1C(=O)N1CCC(Oc2ccccc2)CC1.Cl.